The lowest BCUT2D eigenvalue weighted by Gasteiger charge is -2.40. The van der Waals surface area contributed by atoms with E-state index in [1.165, 1.54) is 26.4 Å². The van der Waals surface area contributed by atoms with E-state index < -0.39 is 52.5 Å². The number of ether oxygens (including phenoxy) is 2. The molecule has 2 saturated heterocycles. The highest BCUT2D eigenvalue weighted by Gasteiger charge is 2.70. The third-order valence-corrected chi connectivity index (χ3v) is 19.2. The summed E-state index contributed by atoms with van der Waals surface area (Å²) >= 11 is 25.2. The molecule has 8 aromatic rings. The minimum absolute atomic E-state index is 0.0122. The summed E-state index contributed by atoms with van der Waals surface area (Å²) in [7, 11) is 2.67. The first kappa shape index (κ1) is 58.2. The fraction of sp³-hybridized carbons (Fsp3) is 0.312. The van der Waals surface area contributed by atoms with Gasteiger partial charge in [0.1, 0.15) is 40.3 Å². The van der Waals surface area contributed by atoms with E-state index >= 15 is 8.78 Å². The average molecular weight is 1260 g/mol. The van der Waals surface area contributed by atoms with Crippen molar-refractivity contribution in [2.45, 2.75) is 92.3 Å². The van der Waals surface area contributed by atoms with Crippen molar-refractivity contribution >= 4 is 105 Å². The Morgan fingerprint density at radius 3 is 1.74 bits per heavy atom. The SMILES string of the molecule is CC(=O)O.COC(=O)c1ccn2c3c(nc2c1)[C@@H]1[C@H](C3)N(CC2CC2)[C@@]2(C(=O)Nc3cc(Cl)ccc32)[C@H]1c1cccc(Cl)c1F.COC(=O)c1ccn2c3c(nc2c1)[C@@H]1[C@H](C3)N[C@@]2(C(=O)Nc3cc(Cl)ccc32)[C@H]1c1cccc(Cl)c1F.O=CC1CC1. The molecule has 4 fully saturated rings. The molecule has 4 aliphatic heterocycles. The Morgan fingerprint density at radius 2 is 1.21 bits per heavy atom. The molecule has 4 N–H and O–H groups in total. The topological polar surface area (TPSA) is 215 Å². The maximum Gasteiger partial charge on any atom is 0.338 e. The standard InChI is InChI=1S/C31H25Cl2FN4O3.C27H19Cl2FN4O3.C4H6O.C2H4O2/c1-41-29(39)16-9-10-37-23-13-22-25(28(23)36-24(37)11-16)26(18-3-2-4-20(33)27(18)34)31(38(22)14-15-5-6-15)19-8-7-17(32)12-21(19)35-30(31)40;1-37-25(35)12-7-8-34-19-11-18-21(24(19)32-20(34)9-12)22(14-3-2-4-16(29)23(14)30)27(33-18)15-6-5-13(28)10-17(15)31-26(27)36;5-3-4-1-2-4;1-2(3)4/h2-4,7-12,15,22,25-26H,5-6,13-14H2,1H3,(H,35,40);2-10,18,21-22,33H,11H2,1H3,(H,31,36);3-4H,1-2H2;1H3,(H,3,4)/t22-,25+,26-,31+;18-,21+,22-,27+;;/m00../s1. The Balaban J connectivity index is 0.000000141. The number of aliphatic carboxylic acids is 1. The van der Waals surface area contributed by atoms with Crippen LogP contribution in [0.15, 0.2) is 109 Å². The summed E-state index contributed by atoms with van der Waals surface area (Å²) < 4.78 is 45.5. The first-order chi connectivity index (χ1) is 41.8. The van der Waals surface area contributed by atoms with Crippen LogP contribution < -0.4 is 16.0 Å². The van der Waals surface area contributed by atoms with Gasteiger partial charge >= 0.3 is 11.9 Å². The highest BCUT2D eigenvalue weighted by atomic mass is 35.5. The van der Waals surface area contributed by atoms with E-state index in [0.717, 1.165) is 67.2 Å². The van der Waals surface area contributed by atoms with Crippen LogP contribution in [-0.2, 0) is 52.6 Å². The van der Waals surface area contributed by atoms with Gasteiger partial charge in [-0.15, -0.1) is 0 Å². The van der Waals surface area contributed by atoms with E-state index in [0.29, 0.717) is 91.8 Å². The van der Waals surface area contributed by atoms with E-state index in [1.807, 2.05) is 27.1 Å². The second-order valence-electron chi connectivity index (χ2n) is 23.1. The number of aromatic nitrogens is 4. The summed E-state index contributed by atoms with van der Waals surface area (Å²) in [5.41, 5.74) is 6.56. The molecule has 0 radical (unpaired) electrons. The van der Waals surface area contributed by atoms with Crippen LogP contribution >= 0.6 is 46.4 Å². The molecule has 16 rings (SSSR count). The van der Waals surface area contributed by atoms with Crippen molar-refractivity contribution < 1.29 is 52.1 Å². The minimum Gasteiger partial charge on any atom is -0.481 e. The zero-order valence-electron chi connectivity index (χ0n) is 46.8. The molecule has 2 amide bonds. The largest absolute Gasteiger partial charge is 0.481 e. The number of carboxylic acids is 1. The predicted octanol–water partition coefficient (Wildman–Crippen LogP) is 11.4. The first-order valence-electron chi connectivity index (χ1n) is 28.3. The van der Waals surface area contributed by atoms with Gasteiger partial charge in [0.05, 0.1) is 46.8 Å². The number of hydrogen-bond acceptors (Lipinski definition) is 12. The molecular weight excluding hydrogens is 1200 g/mol. The van der Waals surface area contributed by atoms with Crippen molar-refractivity contribution in [1.82, 2.24) is 29.0 Å². The smallest absolute Gasteiger partial charge is 0.338 e. The molecule has 4 aliphatic carbocycles. The van der Waals surface area contributed by atoms with Gasteiger partial charge in [-0.05, 0) is 103 Å². The van der Waals surface area contributed by atoms with Gasteiger partial charge < -0.3 is 38.8 Å². The molecule has 446 valence electrons. The van der Waals surface area contributed by atoms with Gasteiger partial charge in [-0.2, -0.15) is 0 Å². The second kappa shape index (κ2) is 22.1. The van der Waals surface area contributed by atoms with Gasteiger partial charge in [-0.1, -0.05) is 82.8 Å². The highest BCUT2D eigenvalue weighted by molar-refractivity contribution is 6.32. The van der Waals surface area contributed by atoms with E-state index in [4.69, 9.17) is 75.7 Å². The van der Waals surface area contributed by atoms with Gasteiger partial charge in [-0.3, -0.25) is 24.6 Å². The number of hydrogen-bond donors (Lipinski definition) is 4. The lowest BCUT2D eigenvalue weighted by molar-refractivity contribution is -0.134. The lowest BCUT2D eigenvalue weighted by atomic mass is 9.71. The molecule has 2 spiro atoms. The van der Waals surface area contributed by atoms with Gasteiger partial charge in [0.25, 0.3) is 5.97 Å². The number of pyridine rings is 2. The predicted molar refractivity (Wildman–Crippen MR) is 320 cm³/mol. The van der Waals surface area contributed by atoms with Crippen LogP contribution in [0.3, 0.4) is 0 Å². The quantitative estimate of drug-likeness (QED) is 0.0864. The van der Waals surface area contributed by atoms with Crippen molar-refractivity contribution in [3.05, 3.63) is 197 Å². The van der Waals surface area contributed by atoms with Gasteiger partial charge in [0.15, 0.2) is 0 Å². The Bertz CT molecular complexity index is 4240. The number of rotatable bonds is 7. The molecule has 87 heavy (non-hydrogen) atoms. The number of carbonyl (C=O) groups excluding carboxylic acids is 5. The number of halogens is 6. The van der Waals surface area contributed by atoms with Crippen LogP contribution in [0, 0.1) is 23.5 Å². The molecule has 0 unspecified atom stereocenters. The number of fused-ring (bicyclic) bond motifs is 14. The number of methoxy groups -OCH3 is 2. The molecule has 8 atom stereocenters. The zero-order valence-corrected chi connectivity index (χ0v) is 49.8. The van der Waals surface area contributed by atoms with Crippen molar-refractivity contribution in [3.63, 3.8) is 0 Å². The number of nitrogens with zero attached hydrogens (tertiary/aromatic N) is 5. The van der Waals surface area contributed by atoms with Crippen LogP contribution in [-0.4, -0.2) is 97.6 Å². The maximum absolute atomic E-state index is 16.1. The number of benzene rings is 4. The number of imidazole rings is 2. The van der Waals surface area contributed by atoms with Crippen molar-refractivity contribution in [2.24, 2.45) is 11.8 Å². The van der Waals surface area contributed by atoms with Crippen LogP contribution in [0.2, 0.25) is 20.1 Å². The molecular formula is C64H54Cl4F2N8O9. The molecule has 23 heteroatoms. The van der Waals surface area contributed by atoms with Gasteiger partial charge in [-0.25, -0.2) is 28.3 Å². The summed E-state index contributed by atoms with van der Waals surface area (Å²) in [4.78, 5) is 83.3. The molecule has 2 saturated carbocycles. The number of carboxylic acid groups (broad SMARTS) is 1. The Kier molecular flexibility index (Phi) is 14.8. The third-order valence-electron chi connectivity index (χ3n) is 18.1. The molecule has 8 heterocycles. The monoisotopic (exact) mass is 1260 g/mol. The normalized spacial score (nSPS) is 24.7. The first-order valence-corrected chi connectivity index (χ1v) is 29.8. The highest BCUT2D eigenvalue weighted by Crippen LogP contribution is 2.66. The average Bonchev–Trinajstić information content (AvgIpc) is 1.52. The Hall–Kier alpha value is -7.78. The van der Waals surface area contributed by atoms with Crippen LogP contribution in [0.5, 0.6) is 0 Å². The van der Waals surface area contributed by atoms with Crippen molar-refractivity contribution in [3.8, 4) is 0 Å². The van der Waals surface area contributed by atoms with E-state index in [1.54, 1.807) is 79.0 Å². The zero-order chi connectivity index (χ0) is 61.1. The molecule has 17 nitrogen and oxygen atoms in total. The molecule has 0 bridgehead atoms. The van der Waals surface area contributed by atoms with Gasteiger partial charge in [0, 0.05) is 124 Å². The molecule has 4 aromatic carbocycles. The van der Waals surface area contributed by atoms with Crippen molar-refractivity contribution in [1.29, 1.82) is 0 Å². The molecule has 8 aliphatic rings. The fourth-order valence-corrected chi connectivity index (χ4v) is 15.1. The number of anilines is 2. The minimum atomic E-state index is -1.24. The van der Waals surface area contributed by atoms with Crippen LogP contribution in [0.4, 0.5) is 20.2 Å². The second-order valence-corrected chi connectivity index (χ2v) is 24.8. The maximum atomic E-state index is 16.1. The van der Waals surface area contributed by atoms with Crippen molar-refractivity contribution in [2.75, 3.05) is 31.4 Å². The number of carbonyl (C=O) groups is 6. The van der Waals surface area contributed by atoms with Crippen LogP contribution in [0.25, 0.3) is 11.3 Å². The number of amides is 2. The third kappa shape index (κ3) is 9.46. The van der Waals surface area contributed by atoms with Crippen LogP contribution in [0.1, 0.15) is 122 Å². The summed E-state index contributed by atoms with van der Waals surface area (Å²) in [6.07, 6.45) is 10.3. The fourth-order valence-electron chi connectivity index (χ4n) is 14.4. The van der Waals surface area contributed by atoms with E-state index in [-0.39, 0.29) is 45.8 Å². The number of aldehydes is 1. The summed E-state index contributed by atoms with van der Waals surface area (Å²) in [6, 6.07) is 27.1. The number of nitrogens with one attached hydrogen (secondary N) is 3. The Labute approximate surface area is 516 Å². The Morgan fingerprint density at radius 1 is 0.690 bits per heavy atom. The molecule has 4 aromatic heterocycles. The van der Waals surface area contributed by atoms with Gasteiger partial charge in [0.2, 0.25) is 11.8 Å². The summed E-state index contributed by atoms with van der Waals surface area (Å²) in [5, 5.41) is 18.1. The number of esters is 2. The summed E-state index contributed by atoms with van der Waals surface area (Å²) in [6.45, 7) is 1.80. The lowest BCUT2D eigenvalue weighted by Crippen LogP contribution is -2.53. The van der Waals surface area contributed by atoms with E-state index in [9.17, 15) is 24.0 Å². The summed E-state index contributed by atoms with van der Waals surface area (Å²) in [5.74, 6) is -4.25. The number of likely N-dealkylation sites (tertiary alicyclic amines) is 1. The van der Waals surface area contributed by atoms with E-state index in [2.05, 4.69) is 20.9 Å².